The Morgan fingerprint density at radius 3 is 2.57 bits per heavy atom. The summed E-state index contributed by atoms with van der Waals surface area (Å²) in [5.74, 6) is 1.08. The van der Waals surface area contributed by atoms with E-state index in [1.165, 1.54) is 18.4 Å². The Bertz CT molecular complexity index is 932. The van der Waals surface area contributed by atoms with Crippen molar-refractivity contribution >= 4 is 28.6 Å². The van der Waals surface area contributed by atoms with Gasteiger partial charge in [0.25, 0.3) is 5.91 Å². The van der Waals surface area contributed by atoms with Crippen molar-refractivity contribution in [3.05, 3.63) is 71.5 Å². The first-order chi connectivity index (χ1) is 13.8. The van der Waals surface area contributed by atoms with E-state index >= 15 is 0 Å². The minimum absolute atomic E-state index is 0.125. The lowest BCUT2D eigenvalue weighted by atomic mass is 10.1. The number of likely N-dealkylation sites (tertiary alicyclic amines) is 1. The quantitative estimate of drug-likeness (QED) is 0.621. The van der Waals surface area contributed by atoms with Gasteiger partial charge in [-0.2, -0.15) is 11.8 Å². The standard InChI is InChI=1S/C23H26N2O2S/c1-28-16-19-18-11-5-6-12-21(18)27-22(19)23(26)24-15-20(25-13-7-8-14-25)17-9-3-2-4-10-17/h2-6,9-12,20H,7-8,13-16H2,1H3,(H,24,26)/t20-/m1/s1. The van der Waals surface area contributed by atoms with Crippen molar-refractivity contribution in [3.63, 3.8) is 0 Å². The lowest BCUT2D eigenvalue weighted by Gasteiger charge is -2.28. The molecule has 5 heteroatoms. The molecule has 0 aliphatic carbocycles. The van der Waals surface area contributed by atoms with Gasteiger partial charge in [0.1, 0.15) is 5.58 Å². The van der Waals surface area contributed by atoms with Gasteiger partial charge in [-0.1, -0.05) is 48.5 Å². The van der Waals surface area contributed by atoms with E-state index in [0.717, 1.165) is 35.4 Å². The van der Waals surface area contributed by atoms with Gasteiger partial charge in [-0.25, -0.2) is 0 Å². The average Bonchev–Trinajstić information content (AvgIpc) is 3.38. The summed E-state index contributed by atoms with van der Waals surface area (Å²) in [5.41, 5.74) is 3.01. The lowest BCUT2D eigenvalue weighted by molar-refractivity contribution is 0.0911. The van der Waals surface area contributed by atoms with Crippen LogP contribution >= 0.6 is 11.8 Å². The van der Waals surface area contributed by atoms with Gasteiger partial charge in [-0.15, -0.1) is 0 Å². The summed E-state index contributed by atoms with van der Waals surface area (Å²) in [5, 5.41) is 4.18. The van der Waals surface area contributed by atoms with Crippen LogP contribution in [0, 0.1) is 0 Å². The molecule has 1 fully saturated rings. The normalized spacial score (nSPS) is 15.8. The molecule has 0 bridgehead atoms. The number of nitrogens with one attached hydrogen (secondary N) is 1. The van der Waals surface area contributed by atoms with Crippen molar-refractivity contribution < 1.29 is 9.21 Å². The first-order valence-electron chi connectivity index (χ1n) is 9.84. The number of amides is 1. The fourth-order valence-electron chi connectivity index (χ4n) is 4.03. The molecule has 2 heterocycles. The topological polar surface area (TPSA) is 45.5 Å². The molecule has 0 saturated carbocycles. The molecule has 1 atom stereocenters. The van der Waals surface area contributed by atoms with Gasteiger partial charge in [0, 0.05) is 23.2 Å². The maximum absolute atomic E-state index is 13.0. The first kappa shape index (κ1) is 19.1. The molecular weight excluding hydrogens is 368 g/mol. The molecule has 4 rings (SSSR count). The lowest BCUT2D eigenvalue weighted by Crippen LogP contribution is -2.36. The van der Waals surface area contributed by atoms with Crippen LogP contribution in [0.3, 0.4) is 0 Å². The summed E-state index contributed by atoms with van der Waals surface area (Å²) in [6, 6.07) is 18.5. The second kappa shape index (κ2) is 8.84. The Kier molecular flexibility index (Phi) is 6.03. The number of nitrogens with zero attached hydrogens (tertiary/aromatic N) is 1. The summed E-state index contributed by atoms with van der Waals surface area (Å²) in [6.45, 7) is 2.74. The van der Waals surface area contributed by atoms with Gasteiger partial charge >= 0.3 is 0 Å². The smallest absolute Gasteiger partial charge is 0.287 e. The summed E-state index contributed by atoms with van der Waals surface area (Å²) >= 11 is 1.70. The van der Waals surface area contributed by atoms with Crippen molar-refractivity contribution in [1.82, 2.24) is 10.2 Å². The molecule has 0 spiro atoms. The number of hydrogen-bond acceptors (Lipinski definition) is 4. The highest BCUT2D eigenvalue weighted by molar-refractivity contribution is 7.97. The van der Waals surface area contributed by atoms with Gasteiger partial charge in [0.05, 0.1) is 6.04 Å². The zero-order valence-electron chi connectivity index (χ0n) is 16.2. The number of carbonyl (C=O) groups is 1. The Morgan fingerprint density at radius 2 is 1.82 bits per heavy atom. The third-order valence-corrected chi connectivity index (χ3v) is 5.99. The SMILES string of the molecule is CSCc1c(C(=O)NC[C@H](c2ccccc2)N2CCCC2)oc2ccccc12. The van der Waals surface area contributed by atoms with Crippen molar-refractivity contribution in [2.45, 2.75) is 24.6 Å². The van der Waals surface area contributed by atoms with Crippen molar-refractivity contribution in [1.29, 1.82) is 0 Å². The number of para-hydroxylation sites is 1. The van der Waals surface area contributed by atoms with E-state index in [4.69, 9.17) is 4.42 Å². The molecule has 28 heavy (non-hydrogen) atoms. The van der Waals surface area contributed by atoms with Crippen molar-refractivity contribution in [3.8, 4) is 0 Å². The summed E-state index contributed by atoms with van der Waals surface area (Å²) in [7, 11) is 0. The Hall–Kier alpha value is -2.24. The largest absolute Gasteiger partial charge is 0.451 e. The minimum Gasteiger partial charge on any atom is -0.451 e. The number of thioether (sulfide) groups is 1. The Balaban J connectivity index is 1.55. The summed E-state index contributed by atoms with van der Waals surface area (Å²) in [4.78, 5) is 15.5. The van der Waals surface area contributed by atoms with E-state index in [-0.39, 0.29) is 11.9 Å². The van der Waals surface area contributed by atoms with Crippen LogP contribution in [0.15, 0.2) is 59.0 Å². The van der Waals surface area contributed by atoms with Gasteiger partial charge in [-0.3, -0.25) is 9.69 Å². The zero-order valence-corrected chi connectivity index (χ0v) is 17.0. The molecule has 3 aromatic rings. The molecule has 2 aromatic carbocycles. The molecule has 4 nitrogen and oxygen atoms in total. The third kappa shape index (κ3) is 3.96. The van der Waals surface area contributed by atoms with E-state index in [2.05, 4.69) is 34.5 Å². The van der Waals surface area contributed by atoms with Crippen LogP contribution in [-0.2, 0) is 5.75 Å². The van der Waals surface area contributed by atoms with Crippen LogP contribution in [0.25, 0.3) is 11.0 Å². The van der Waals surface area contributed by atoms with E-state index in [1.54, 1.807) is 11.8 Å². The maximum atomic E-state index is 13.0. The first-order valence-corrected chi connectivity index (χ1v) is 11.2. The molecule has 0 radical (unpaired) electrons. The van der Waals surface area contributed by atoms with Gasteiger partial charge in [0.15, 0.2) is 5.76 Å². The van der Waals surface area contributed by atoms with E-state index in [1.807, 2.05) is 36.6 Å². The third-order valence-electron chi connectivity index (χ3n) is 5.41. The fourth-order valence-corrected chi connectivity index (χ4v) is 4.60. The average molecular weight is 395 g/mol. The molecule has 1 aliphatic rings. The van der Waals surface area contributed by atoms with Crippen molar-refractivity contribution in [2.75, 3.05) is 25.9 Å². The van der Waals surface area contributed by atoms with Crippen LogP contribution in [-0.4, -0.2) is 36.7 Å². The monoisotopic (exact) mass is 394 g/mol. The van der Waals surface area contributed by atoms with E-state index in [9.17, 15) is 4.79 Å². The second-order valence-electron chi connectivity index (χ2n) is 7.22. The van der Waals surface area contributed by atoms with Gasteiger partial charge in [0.2, 0.25) is 0 Å². The minimum atomic E-state index is -0.125. The zero-order chi connectivity index (χ0) is 19.3. The summed E-state index contributed by atoms with van der Waals surface area (Å²) < 4.78 is 5.94. The highest BCUT2D eigenvalue weighted by Crippen LogP contribution is 2.29. The second-order valence-corrected chi connectivity index (χ2v) is 8.08. The predicted molar refractivity (Wildman–Crippen MR) is 116 cm³/mol. The number of rotatable bonds is 7. The molecule has 1 aliphatic heterocycles. The molecule has 1 saturated heterocycles. The molecule has 146 valence electrons. The predicted octanol–water partition coefficient (Wildman–Crippen LogP) is 4.86. The van der Waals surface area contributed by atoms with Crippen LogP contribution in [0.1, 0.15) is 40.6 Å². The molecule has 1 amide bonds. The van der Waals surface area contributed by atoms with Gasteiger partial charge in [-0.05, 0) is 43.8 Å². The number of carbonyl (C=O) groups excluding carboxylic acids is 1. The summed E-state index contributed by atoms with van der Waals surface area (Å²) in [6.07, 6.45) is 4.49. The number of benzene rings is 2. The van der Waals surface area contributed by atoms with Gasteiger partial charge < -0.3 is 9.73 Å². The maximum Gasteiger partial charge on any atom is 0.287 e. The van der Waals surface area contributed by atoms with Crippen LogP contribution in [0.4, 0.5) is 0 Å². The molecular formula is C23H26N2O2S. The fraction of sp³-hybridized carbons (Fsp3) is 0.348. The Morgan fingerprint density at radius 1 is 1.11 bits per heavy atom. The Labute approximate surface area is 170 Å². The molecule has 1 aromatic heterocycles. The van der Waals surface area contributed by atoms with E-state index in [0.29, 0.717) is 12.3 Å². The number of fused-ring (bicyclic) bond motifs is 1. The van der Waals surface area contributed by atoms with Crippen LogP contribution in [0.5, 0.6) is 0 Å². The number of hydrogen-bond donors (Lipinski definition) is 1. The van der Waals surface area contributed by atoms with Crippen LogP contribution in [0.2, 0.25) is 0 Å². The van der Waals surface area contributed by atoms with Crippen molar-refractivity contribution in [2.24, 2.45) is 0 Å². The van der Waals surface area contributed by atoms with E-state index < -0.39 is 0 Å². The number of furan rings is 1. The highest BCUT2D eigenvalue weighted by Gasteiger charge is 2.26. The highest BCUT2D eigenvalue weighted by atomic mass is 32.2. The molecule has 0 unspecified atom stereocenters. The molecule has 1 N–H and O–H groups in total. The van der Waals surface area contributed by atoms with Crippen LogP contribution < -0.4 is 5.32 Å².